The van der Waals surface area contributed by atoms with E-state index in [4.69, 9.17) is 4.74 Å². The fraction of sp³-hybridized carbons (Fsp3) is 0.440. The Hall–Kier alpha value is -3.24. The quantitative estimate of drug-likeness (QED) is 0.310. The number of amides is 1. The van der Waals surface area contributed by atoms with Crippen LogP contribution in [0.1, 0.15) is 57.6 Å². The summed E-state index contributed by atoms with van der Waals surface area (Å²) in [6, 6.07) is 4.75. The van der Waals surface area contributed by atoms with Gasteiger partial charge in [0, 0.05) is 25.7 Å². The second-order valence-electron chi connectivity index (χ2n) is 8.07. The van der Waals surface area contributed by atoms with Crippen molar-refractivity contribution in [3.63, 3.8) is 0 Å². The van der Waals surface area contributed by atoms with E-state index in [0.717, 1.165) is 31.2 Å². The van der Waals surface area contributed by atoms with Crippen LogP contribution in [0.3, 0.4) is 0 Å². The number of esters is 1. The molecule has 0 aliphatic carbocycles. The smallest absolute Gasteiger partial charge is 0.335 e. The second kappa shape index (κ2) is 13.0. The molecule has 0 fully saturated rings. The number of unbranched alkanes of at least 4 members (excludes halogenated alkanes) is 3. The van der Waals surface area contributed by atoms with Gasteiger partial charge in [0.2, 0.25) is 0 Å². The van der Waals surface area contributed by atoms with Crippen molar-refractivity contribution >= 4 is 34.9 Å². The number of nitrogens with zero attached hydrogens (tertiary/aromatic N) is 3. The Labute approximate surface area is 209 Å². The number of rotatable bonds is 13. The highest BCUT2D eigenvalue weighted by atomic mass is 32.1. The topological polar surface area (TPSA) is 112 Å². The molecule has 0 saturated carbocycles. The van der Waals surface area contributed by atoms with Crippen LogP contribution in [0, 0.1) is 0 Å². The molecular weight excluding hydrogens is 468 g/mol. The van der Waals surface area contributed by atoms with E-state index in [0.29, 0.717) is 31.8 Å². The molecule has 2 aromatic rings. The van der Waals surface area contributed by atoms with Crippen molar-refractivity contribution in [2.24, 2.45) is 0 Å². The predicted molar refractivity (Wildman–Crippen MR) is 133 cm³/mol. The van der Waals surface area contributed by atoms with Gasteiger partial charge in [-0.05, 0) is 61.2 Å². The van der Waals surface area contributed by atoms with Gasteiger partial charge in [-0.3, -0.25) is 19.6 Å². The maximum Gasteiger partial charge on any atom is 0.335 e. The molecule has 1 unspecified atom stereocenters. The first-order chi connectivity index (χ1) is 17.0. The minimum absolute atomic E-state index is 0.0178. The number of pyridine rings is 1. The number of carbonyl (C=O) groups excluding carboxylic acids is 2. The van der Waals surface area contributed by atoms with Gasteiger partial charge in [0.1, 0.15) is 5.70 Å². The van der Waals surface area contributed by atoms with Crippen LogP contribution in [-0.4, -0.2) is 57.7 Å². The van der Waals surface area contributed by atoms with Crippen LogP contribution in [0.4, 0.5) is 5.69 Å². The predicted octanol–water partition coefficient (Wildman–Crippen LogP) is 4.23. The molecule has 9 nitrogen and oxygen atoms in total. The molecule has 35 heavy (non-hydrogen) atoms. The third kappa shape index (κ3) is 6.67. The largest absolute Gasteiger partial charge is 0.478 e. The summed E-state index contributed by atoms with van der Waals surface area (Å²) in [6.07, 6.45) is 6.76. The number of anilines is 1. The summed E-state index contributed by atoms with van der Waals surface area (Å²) < 4.78 is 4.97. The minimum Gasteiger partial charge on any atom is -0.478 e. The van der Waals surface area contributed by atoms with Gasteiger partial charge in [-0.1, -0.05) is 12.8 Å². The first-order valence-corrected chi connectivity index (χ1v) is 12.8. The number of hydrogen-bond donors (Lipinski definition) is 2. The van der Waals surface area contributed by atoms with E-state index in [-0.39, 0.29) is 23.1 Å². The Kier molecular flexibility index (Phi) is 9.80. The number of thiophene rings is 1. The van der Waals surface area contributed by atoms with Crippen molar-refractivity contribution in [2.75, 3.05) is 25.0 Å². The monoisotopic (exact) mass is 500 g/mol. The van der Waals surface area contributed by atoms with Crippen LogP contribution >= 0.6 is 11.3 Å². The summed E-state index contributed by atoms with van der Waals surface area (Å²) >= 11 is 1.49. The molecule has 1 aliphatic heterocycles. The molecular formula is C25H32N4O5S. The Morgan fingerprint density at radius 1 is 1.20 bits per heavy atom. The number of ether oxygens (including phenoxy) is 1. The van der Waals surface area contributed by atoms with Crippen LogP contribution < -0.4 is 5.32 Å². The van der Waals surface area contributed by atoms with Gasteiger partial charge in [0.15, 0.2) is 0 Å². The number of aliphatic carboxylic acids is 1. The number of carboxylic acid groups (broad SMARTS) is 1. The highest BCUT2D eigenvalue weighted by Crippen LogP contribution is 2.38. The van der Waals surface area contributed by atoms with Crippen LogP contribution in [0.15, 0.2) is 52.6 Å². The molecule has 3 heterocycles. The van der Waals surface area contributed by atoms with Crippen molar-refractivity contribution < 1.29 is 24.2 Å². The van der Waals surface area contributed by atoms with Crippen molar-refractivity contribution in [1.29, 1.82) is 0 Å². The van der Waals surface area contributed by atoms with E-state index >= 15 is 0 Å². The molecule has 10 heteroatoms. The number of carbonyl (C=O) groups is 3. The third-order valence-electron chi connectivity index (χ3n) is 5.74. The number of nitrogens with one attached hydrogen (secondary N) is 1. The summed E-state index contributed by atoms with van der Waals surface area (Å²) in [6.45, 7) is 4.96. The fourth-order valence-electron chi connectivity index (χ4n) is 4.19. The Bertz CT molecular complexity index is 1030. The van der Waals surface area contributed by atoms with Crippen molar-refractivity contribution in [2.45, 2.75) is 52.0 Å². The van der Waals surface area contributed by atoms with Gasteiger partial charge >= 0.3 is 11.9 Å². The van der Waals surface area contributed by atoms with E-state index < -0.39 is 12.0 Å². The van der Waals surface area contributed by atoms with Crippen molar-refractivity contribution in [3.05, 3.63) is 58.2 Å². The number of hydrogen-bond acceptors (Lipinski definition) is 8. The van der Waals surface area contributed by atoms with E-state index in [1.165, 1.54) is 11.3 Å². The first-order valence-electron chi connectivity index (χ1n) is 11.9. The van der Waals surface area contributed by atoms with Gasteiger partial charge in [-0.25, -0.2) is 9.80 Å². The zero-order chi connectivity index (χ0) is 25.2. The van der Waals surface area contributed by atoms with Crippen LogP contribution in [0.25, 0.3) is 0 Å². The summed E-state index contributed by atoms with van der Waals surface area (Å²) in [4.78, 5) is 41.6. The lowest BCUT2D eigenvalue weighted by Gasteiger charge is -2.44. The molecule has 0 saturated heterocycles. The van der Waals surface area contributed by atoms with Gasteiger partial charge in [-0.2, -0.15) is 11.3 Å². The standard InChI is InChI=1S/C25H32N4O5S/c1-3-28-24(31)22(27-19-10-9-13-26-16-19)21(25(32)33)23(18-12-15-35-17-18)29(28)14-8-6-5-7-11-20(30)34-4-2/h9-10,12-13,15-17,23,27H,3-8,11,14H2,1-2H3,(H,32,33). The molecule has 3 rings (SSSR count). The normalized spacial score (nSPS) is 16.5. The molecule has 0 bridgehead atoms. The maximum absolute atomic E-state index is 13.5. The molecule has 0 spiro atoms. The Morgan fingerprint density at radius 2 is 2.00 bits per heavy atom. The SMILES string of the molecule is CCOC(=O)CCCCCCN1C(c2ccsc2)C(C(=O)O)=C(Nc2cccnc2)C(=O)N1CC. The summed E-state index contributed by atoms with van der Waals surface area (Å²) in [5.41, 5.74) is 1.44. The van der Waals surface area contributed by atoms with Gasteiger partial charge < -0.3 is 15.2 Å². The van der Waals surface area contributed by atoms with Crippen molar-refractivity contribution in [3.8, 4) is 0 Å². The number of hydrazine groups is 1. The lowest BCUT2D eigenvalue weighted by molar-refractivity contribution is -0.154. The van der Waals surface area contributed by atoms with Crippen LogP contribution in [0.2, 0.25) is 0 Å². The second-order valence-corrected chi connectivity index (χ2v) is 8.85. The molecule has 188 valence electrons. The summed E-state index contributed by atoms with van der Waals surface area (Å²) in [5, 5.41) is 20.6. The Morgan fingerprint density at radius 3 is 2.63 bits per heavy atom. The fourth-order valence-corrected chi connectivity index (χ4v) is 4.86. The van der Waals surface area contributed by atoms with E-state index in [9.17, 15) is 19.5 Å². The van der Waals surface area contributed by atoms with Gasteiger partial charge in [0.25, 0.3) is 5.91 Å². The van der Waals surface area contributed by atoms with E-state index in [1.807, 2.05) is 28.8 Å². The zero-order valence-electron chi connectivity index (χ0n) is 20.1. The van der Waals surface area contributed by atoms with Gasteiger partial charge in [-0.15, -0.1) is 0 Å². The van der Waals surface area contributed by atoms with E-state index in [1.54, 1.807) is 36.5 Å². The highest BCUT2D eigenvalue weighted by Gasteiger charge is 2.43. The molecule has 1 aliphatic rings. The van der Waals surface area contributed by atoms with Gasteiger partial charge in [0.05, 0.1) is 30.1 Å². The molecule has 1 amide bonds. The molecule has 2 N–H and O–H groups in total. The number of aromatic nitrogens is 1. The molecule has 0 aromatic carbocycles. The summed E-state index contributed by atoms with van der Waals surface area (Å²) in [5.74, 6) is -1.72. The highest BCUT2D eigenvalue weighted by molar-refractivity contribution is 7.08. The lowest BCUT2D eigenvalue weighted by atomic mass is 9.95. The average molecular weight is 501 g/mol. The molecule has 2 aromatic heterocycles. The lowest BCUT2D eigenvalue weighted by Crippen LogP contribution is -2.55. The van der Waals surface area contributed by atoms with Crippen LogP contribution in [0.5, 0.6) is 0 Å². The number of carboxylic acids is 1. The first kappa shape index (κ1) is 26.4. The molecule has 1 atom stereocenters. The molecule has 0 radical (unpaired) electrons. The van der Waals surface area contributed by atoms with E-state index in [2.05, 4.69) is 10.3 Å². The van der Waals surface area contributed by atoms with Crippen LogP contribution in [-0.2, 0) is 19.1 Å². The summed E-state index contributed by atoms with van der Waals surface area (Å²) in [7, 11) is 0. The average Bonchev–Trinajstić information content (AvgIpc) is 3.38. The zero-order valence-corrected chi connectivity index (χ0v) is 20.9. The number of likely N-dealkylation sites (N-methyl/N-ethyl adjacent to an activating group) is 1. The minimum atomic E-state index is -1.14. The third-order valence-corrected chi connectivity index (χ3v) is 6.44. The Balaban J connectivity index is 1.84. The maximum atomic E-state index is 13.5. The van der Waals surface area contributed by atoms with Crippen molar-refractivity contribution in [1.82, 2.24) is 15.0 Å².